The second-order valence-corrected chi connectivity index (χ2v) is 7.71. The molecule has 2 N–H and O–H groups in total. The molecule has 1 aliphatic rings. The lowest BCUT2D eigenvalue weighted by molar-refractivity contribution is -0.144. The molecule has 1 aliphatic carbocycles. The summed E-state index contributed by atoms with van der Waals surface area (Å²) in [6.45, 7) is 5.21. The van der Waals surface area contributed by atoms with Crippen molar-refractivity contribution in [1.29, 1.82) is 0 Å². The molecule has 2 aromatic carbocycles. The van der Waals surface area contributed by atoms with E-state index < -0.39 is 30.6 Å². The molecule has 0 radical (unpaired) electrons. The molecular formula is C25H28N2O5. The number of nitrogens with one attached hydrogen (secondary N) is 1. The number of carbonyl (C=O) groups is 3. The largest absolute Gasteiger partial charge is 0.480 e. The number of aliphatic carboxylic acids is 1. The summed E-state index contributed by atoms with van der Waals surface area (Å²) < 4.78 is 5.53. The van der Waals surface area contributed by atoms with Crippen molar-refractivity contribution in [1.82, 2.24) is 10.2 Å². The fourth-order valence-corrected chi connectivity index (χ4v) is 4.10. The molecule has 7 nitrogen and oxygen atoms in total. The van der Waals surface area contributed by atoms with Crippen LogP contribution >= 0.6 is 0 Å². The van der Waals surface area contributed by atoms with Crippen LogP contribution in [0.1, 0.15) is 36.8 Å². The summed E-state index contributed by atoms with van der Waals surface area (Å²) in [5.41, 5.74) is 4.46. The maximum Gasteiger partial charge on any atom is 0.407 e. The number of hydrogen-bond acceptors (Lipinski definition) is 4. The minimum absolute atomic E-state index is 0.0811. The molecule has 168 valence electrons. The van der Waals surface area contributed by atoms with Crippen LogP contribution in [-0.4, -0.2) is 53.7 Å². The lowest BCUT2D eigenvalue weighted by atomic mass is 9.98. The summed E-state index contributed by atoms with van der Waals surface area (Å²) in [6.07, 6.45) is 1.76. The van der Waals surface area contributed by atoms with E-state index in [2.05, 4.69) is 24.0 Å². The van der Waals surface area contributed by atoms with E-state index in [0.717, 1.165) is 27.2 Å². The normalized spacial score (nSPS) is 12.9. The zero-order valence-corrected chi connectivity index (χ0v) is 18.1. The Labute approximate surface area is 187 Å². The number of amides is 2. The Morgan fingerprint density at radius 2 is 1.72 bits per heavy atom. The molecule has 2 aromatic rings. The van der Waals surface area contributed by atoms with Gasteiger partial charge < -0.3 is 20.1 Å². The number of ether oxygens (including phenoxy) is 1. The van der Waals surface area contributed by atoms with Gasteiger partial charge in [-0.3, -0.25) is 9.59 Å². The third-order valence-electron chi connectivity index (χ3n) is 5.50. The topological polar surface area (TPSA) is 95.9 Å². The first-order valence-corrected chi connectivity index (χ1v) is 10.7. The molecular weight excluding hydrogens is 408 g/mol. The molecule has 0 spiro atoms. The smallest absolute Gasteiger partial charge is 0.407 e. The third kappa shape index (κ3) is 5.17. The van der Waals surface area contributed by atoms with Crippen LogP contribution in [-0.2, 0) is 14.3 Å². The monoisotopic (exact) mass is 436 g/mol. The molecule has 7 heteroatoms. The van der Waals surface area contributed by atoms with Crippen LogP contribution < -0.4 is 5.32 Å². The van der Waals surface area contributed by atoms with Crippen molar-refractivity contribution in [2.45, 2.75) is 31.7 Å². The number of fused-ring (bicyclic) bond motifs is 3. The first-order valence-electron chi connectivity index (χ1n) is 10.7. The second-order valence-electron chi connectivity index (χ2n) is 7.71. The van der Waals surface area contributed by atoms with Gasteiger partial charge in [-0.15, -0.1) is 6.58 Å². The average Bonchev–Trinajstić information content (AvgIpc) is 3.10. The Balaban J connectivity index is 1.68. The van der Waals surface area contributed by atoms with E-state index in [0.29, 0.717) is 12.8 Å². The highest BCUT2D eigenvalue weighted by Crippen LogP contribution is 2.44. The van der Waals surface area contributed by atoms with Gasteiger partial charge in [-0.05, 0) is 28.7 Å². The van der Waals surface area contributed by atoms with Gasteiger partial charge >= 0.3 is 12.1 Å². The van der Waals surface area contributed by atoms with Crippen LogP contribution in [0.2, 0.25) is 0 Å². The van der Waals surface area contributed by atoms with Crippen LogP contribution in [0.25, 0.3) is 11.1 Å². The predicted octanol–water partition coefficient (Wildman–Crippen LogP) is 3.79. The highest BCUT2D eigenvalue weighted by atomic mass is 16.5. The maximum absolute atomic E-state index is 12.8. The fourth-order valence-electron chi connectivity index (χ4n) is 4.10. The van der Waals surface area contributed by atoms with Gasteiger partial charge in [0.15, 0.2) is 0 Å². The van der Waals surface area contributed by atoms with Crippen LogP contribution in [0.3, 0.4) is 0 Å². The number of rotatable bonds is 10. The van der Waals surface area contributed by atoms with E-state index in [1.54, 1.807) is 0 Å². The van der Waals surface area contributed by atoms with Crippen molar-refractivity contribution >= 4 is 18.0 Å². The van der Waals surface area contributed by atoms with Crippen molar-refractivity contribution in [3.05, 3.63) is 72.3 Å². The van der Waals surface area contributed by atoms with E-state index in [4.69, 9.17) is 9.84 Å². The maximum atomic E-state index is 12.8. The molecule has 0 unspecified atom stereocenters. The van der Waals surface area contributed by atoms with Gasteiger partial charge in [-0.1, -0.05) is 68.0 Å². The summed E-state index contributed by atoms with van der Waals surface area (Å²) in [5.74, 6) is -1.68. The highest BCUT2D eigenvalue weighted by Gasteiger charge is 2.30. The Kier molecular flexibility index (Phi) is 7.65. The number of alkyl carbamates (subject to hydrolysis) is 1. The van der Waals surface area contributed by atoms with Gasteiger partial charge in [0, 0.05) is 12.5 Å². The number of carbonyl (C=O) groups excluding carboxylic acids is 2. The quantitative estimate of drug-likeness (QED) is 0.553. The fraction of sp³-hybridized carbons (Fsp3) is 0.320. The minimum Gasteiger partial charge on any atom is -0.480 e. The van der Waals surface area contributed by atoms with Gasteiger partial charge in [0.1, 0.15) is 19.2 Å². The lowest BCUT2D eigenvalue weighted by Gasteiger charge is -2.25. The van der Waals surface area contributed by atoms with Gasteiger partial charge in [-0.25, -0.2) is 4.79 Å². The van der Waals surface area contributed by atoms with Crippen LogP contribution in [0.5, 0.6) is 0 Å². The Hall–Kier alpha value is -3.61. The molecule has 0 heterocycles. The number of benzene rings is 2. The average molecular weight is 437 g/mol. The zero-order chi connectivity index (χ0) is 23.1. The molecule has 2 amide bonds. The van der Waals surface area contributed by atoms with E-state index in [1.807, 2.05) is 43.3 Å². The number of carboxylic acid groups (broad SMARTS) is 1. The van der Waals surface area contributed by atoms with Gasteiger partial charge in [0.05, 0.1) is 0 Å². The third-order valence-corrected chi connectivity index (χ3v) is 5.50. The van der Waals surface area contributed by atoms with Gasteiger partial charge in [0.2, 0.25) is 5.91 Å². The summed E-state index contributed by atoms with van der Waals surface area (Å²) in [6, 6.07) is 15.2. The first kappa shape index (κ1) is 23.1. The number of carboxylic acids is 1. The lowest BCUT2D eigenvalue weighted by Crippen LogP contribution is -2.50. The van der Waals surface area contributed by atoms with Crippen LogP contribution in [0.4, 0.5) is 4.79 Å². The molecule has 0 saturated carbocycles. The summed E-state index contributed by atoms with van der Waals surface area (Å²) in [7, 11) is 0. The van der Waals surface area contributed by atoms with Crippen LogP contribution in [0.15, 0.2) is 61.2 Å². The summed E-state index contributed by atoms with van der Waals surface area (Å²) in [5, 5.41) is 11.7. The van der Waals surface area contributed by atoms with Gasteiger partial charge in [-0.2, -0.15) is 0 Å². The highest BCUT2D eigenvalue weighted by molar-refractivity contribution is 5.88. The Morgan fingerprint density at radius 1 is 1.12 bits per heavy atom. The van der Waals surface area contributed by atoms with Gasteiger partial charge in [0.25, 0.3) is 0 Å². The molecule has 3 rings (SSSR count). The molecule has 0 fully saturated rings. The van der Waals surface area contributed by atoms with E-state index in [-0.39, 0.29) is 19.1 Å². The Bertz CT molecular complexity index is 958. The standard InChI is InChI=1S/C25H28N2O5/c1-3-9-22(24(30)27(14-4-2)15-23(28)29)26-25(31)32-16-21-19-12-7-5-10-17(19)18-11-6-8-13-20(18)21/h4-8,10-13,21-22H,2-3,9,14-16H2,1H3,(H,26,31)(H,28,29)/t22-/m1/s1. The zero-order valence-electron chi connectivity index (χ0n) is 18.1. The number of hydrogen-bond donors (Lipinski definition) is 2. The minimum atomic E-state index is -1.13. The van der Waals surface area contributed by atoms with Crippen molar-refractivity contribution in [2.24, 2.45) is 0 Å². The van der Waals surface area contributed by atoms with Crippen molar-refractivity contribution in [3.63, 3.8) is 0 Å². The first-order chi connectivity index (χ1) is 15.5. The molecule has 32 heavy (non-hydrogen) atoms. The second kappa shape index (κ2) is 10.6. The number of nitrogens with zero attached hydrogens (tertiary/aromatic N) is 1. The molecule has 0 aliphatic heterocycles. The van der Waals surface area contributed by atoms with E-state index >= 15 is 0 Å². The van der Waals surface area contributed by atoms with Crippen molar-refractivity contribution in [3.8, 4) is 11.1 Å². The molecule has 0 aromatic heterocycles. The summed E-state index contributed by atoms with van der Waals surface area (Å²) >= 11 is 0. The SMILES string of the molecule is C=CCN(CC(=O)O)C(=O)[C@@H](CCC)NC(=O)OCC1c2ccccc2-c2ccccc21. The van der Waals surface area contributed by atoms with Crippen molar-refractivity contribution < 1.29 is 24.2 Å². The Morgan fingerprint density at radius 3 is 2.25 bits per heavy atom. The van der Waals surface area contributed by atoms with Crippen LogP contribution in [0, 0.1) is 0 Å². The molecule has 1 atom stereocenters. The summed E-state index contributed by atoms with van der Waals surface area (Å²) in [4.78, 5) is 37.7. The molecule has 0 saturated heterocycles. The van der Waals surface area contributed by atoms with E-state index in [9.17, 15) is 14.4 Å². The van der Waals surface area contributed by atoms with E-state index in [1.165, 1.54) is 6.08 Å². The molecule has 0 bridgehead atoms. The van der Waals surface area contributed by atoms with Crippen molar-refractivity contribution in [2.75, 3.05) is 19.7 Å². The predicted molar refractivity (Wildman–Crippen MR) is 121 cm³/mol.